The van der Waals surface area contributed by atoms with Gasteiger partial charge in [-0.2, -0.15) is 0 Å². The van der Waals surface area contributed by atoms with Crippen molar-refractivity contribution < 1.29 is 23.8 Å². The molecule has 1 fully saturated rings. The lowest BCUT2D eigenvalue weighted by Crippen LogP contribution is -2.32. The minimum Gasteiger partial charge on any atom is -0.495 e. The molecule has 1 aliphatic rings. The number of hydrogen-bond acceptors (Lipinski definition) is 6. The molecule has 0 saturated carbocycles. The van der Waals surface area contributed by atoms with Gasteiger partial charge in [0, 0.05) is 24.7 Å². The van der Waals surface area contributed by atoms with E-state index in [-0.39, 0.29) is 23.9 Å². The monoisotopic (exact) mass is 576 g/mol. The van der Waals surface area contributed by atoms with E-state index in [9.17, 15) is 14.7 Å². The van der Waals surface area contributed by atoms with Gasteiger partial charge in [0.25, 0.3) is 0 Å². The molecule has 0 bridgehead atoms. The highest BCUT2D eigenvalue weighted by Gasteiger charge is 2.41. The van der Waals surface area contributed by atoms with Crippen LogP contribution in [-0.4, -0.2) is 45.6 Å². The first kappa shape index (κ1) is 27.2. The van der Waals surface area contributed by atoms with E-state index in [4.69, 9.17) is 33.0 Å². The van der Waals surface area contributed by atoms with Crippen molar-refractivity contribution in [3.63, 3.8) is 0 Å². The lowest BCUT2D eigenvalue weighted by molar-refractivity contribution is -0.116. The van der Waals surface area contributed by atoms with Gasteiger partial charge in [0.2, 0.25) is 5.91 Å². The van der Waals surface area contributed by atoms with E-state index in [2.05, 4.69) is 15.6 Å². The number of ether oxygens (including phenoxy) is 1. The number of carboxylic acid groups (broad SMARTS) is 1. The average molecular weight is 577 g/mol. The number of rotatable bonds is 9. The maximum absolute atomic E-state index is 12.9. The third kappa shape index (κ3) is 5.63. The fourth-order valence-electron chi connectivity index (χ4n) is 4.64. The molecule has 1 aliphatic heterocycles. The molecule has 9 nitrogen and oxygen atoms in total. The second-order valence-corrected chi connectivity index (χ2v) is 9.81. The van der Waals surface area contributed by atoms with Crippen LogP contribution in [0.3, 0.4) is 0 Å². The Hall–Kier alpha value is -4.41. The molecule has 0 radical (unpaired) electrons. The molecule has 2 aromatic carbocycles. The van der Waals surface area contributed by atoms with Crippen molar-refractivity contribution in [3.8, 4) is 17.1 Å². The molecule has 3 heterocycles. The van der Waals surface area contributed by atoms with Gasteiger partial charge in [-0.15, -0.1) is 0 Å². The Morgan fingerprint density at radius 3 is 2.70 bits per heavy atom. The number of nitrogens with zero attached hydrogens (tertiary/aromatic N) is 2. The second kappa shape index (κ2) is 11.8. The summed E-state index contributed by atoms with van der Waals surface area (Å²) >= 11 is 12.1. The van der Waals surface area contributed by atoms with E-state index in [0.717, 1.165) is 5.69 Å². The van der Waals surface area contributed by atoms with Crippen molar-refractivity contribution >= 4 is 46.5 Å². The Morgan fingerprint density at radius 2 is 1.95 bits per heavy atom. The highest BCUT2D eigenvalue weighted by atomic mass is 35.5. The summed E-state index contributed by atoms with van der Waals surface area (Å²) in [5.74, 6) is 0.262. The molecule has 0 aliphatic carbocycles. The molecule has 2 aromatic heterocycles. The van der Waals surface area contributed by atoms with Crippen molar-refractivity contribution in [1.29, 1.82) is 0 Å². The number of para-hydroxylation sites is 2. The van der Waals surface area contributed by atoms with Crippen LogP contribution in [0.5, 0.6) is 5.75 Å². The standard InChI is InChI=1S/C29H25ClN4O5S/c1-38-23-8-3-2-6-20(23)32-25(35)13-15-34-27(26(33-29(34)40)21-7-4-5-14-31-21)24-12-11-22(39-24)18-16-17(28(36)37)9-10-19(18)30/h2-12,14,16,26-27H,13,15H2,1H3,(H,32,35)(H,33,40)(H,36,37)/t26-,27-/m0/s1. The molecular weight excluding hydrogens is 552 g/mol. The predicted octanol–water partition coefficient (Wildman–Crippen LogP) is 5.70. The minimum absolute atomic E-state index is 0.0927. The van der Waals surface area contributed by atoms with E-state index in [1.807, 2.05) is 35.2 Å². The van der Waals surface area contributed by atoms with E-state index in [1.54, 1.807) is 37.6 Å². The summed E-state index contributed by atoms with van der Waals surface area (Å²) in [7, 11) is 1.55. The van der Waals surface area contributed by atoms with E-state index < -0.39 is 12.0 Å². The molecule has 40 heavy (non-hydrogen) atoms. The van der Waals surface area contributed by atoms with Crippen molar-refractivity contribution in [2.45, 2.75) is 18.5 Å². The normalized spacial score (nSPS) is 16.4. The number of furan rings is 1. The van der Waals surface area contributed by atoms with Gasteiger partial charge in [-0.25, -0.2) is 4.79 Å². The molecule has 0 unspecified atom stereocenters. The number of aromatic carboxylic acids is 1. The van der Waals surface area contributed by atoms with Crippen LogP contribution in [0.2, 0.25) is 5.02 Å². The van der Waals surface area contributed by atoms with Crippen LogP contribution < -0.4 is 15.4 Å². The zero-order valence-corrected chi connectivity index (χ0v) is 22.9. The highest BCUT2D eigenvalue weighted by molar-refractivity contribution is 7.80. The van der Waals surface area contributed by atoms with Gasteiger partial charge in [-0.1, -0.05) is 29.8 Å². The van der Waals surface area contributed by atoms with Crippen LogP contribution in [0.4, 0.5) is 5.69 Å². The first-order chi connectivity index (χ1) is 19.4. The number of anilines is 1. The maximum Gasteiger partial charge on any atom is 0.335 e. The minimum atomic E-state index is -1.07. The van der Waals surface area contributed by atoms with E-state index >= 15 is 0 Å². The molecule has 11 heteroatoms. The number of aromatic nitrogens is 1. The molecule has 4 aromatic rings. The number of carbonyl (C=O) groups excluding carboxylic acids is 1. The molecule has 204 valence electrons. The zero-order chi connectivity index (χ0) is 28.2. The first-order valence-electron chi connectivity index (χ1n) is 12.4. The molecule has 2 atom stereocenters. The van der Waals surface area contributed by atoms with Gasteiger partial charge < -0.3 is 29.8 Å². The fourth-order valence-corrected chi connectivity index (χ4v) is 5.18. The number of halogens is 1. The topological polar surface area (TPSA) is 117 Å². The van der Waals surface area contributed by atoms with Gasteiger partial charge >= 0.3 is 5.97 Å². The van der Waals surface area contributed by atoms with Crippen molar-refractivity contribution in [2.24, 2.45) is 0 Å². The van der Waals surface area contributed by atoms with E-state index in [0.29, 0.717) is 45.2 Å². The van der Waals surface area contributed by atoms with Crippen LogP contribution in [0, 0.1) is 0 Å². The number of methoxy groups -OCH3 is 1. The molecular formula is C29H25ClN4O5S. The third-order valence-corrected chi connectivity index (χ3v) is 7.24. The summed E-state index contributed by atoms with van der Waals surface area (Å²) in [6.07, 6.45) is 1.84. The quantitative estimate of drug-likeness (QED) is 0.216. The fraction of sp³-hybridized carbons (Fsp3) is 0.172. The molecule has 0 spiro atoms. The number of amides is 1. The van der Waals surface area contributed by atoms with E-state index in [1.165, 1.54) is 18.2 Å². The van der Waals surface area contributed by atoms with Crippen molar-refractivity contribution in [2.75, 3.05) is 19.0 Å². The number of carbonyl (C=O) groups is 2. The Labute approximate surface area is 240 Å². The third-order valence-electron chi connectivity index (χ3n) is 6.56. The first-order valence-corrected chi connectivity index (χ1v) is 13.2. The smallest absolute Gasteiger partial charge is 0.335 e. The zero-order valence-electron chi connectivity index (χ0n) is 21.3. The summed E-state index contributed by atoms with van der Waals surface area (Å²) in [4.78, 5) is 30.8. The number of thiocarbonyl (C=S) groups is 1. The Morgan fingerprint density at radius 1 is 1.15 bits per heavy atom. The van der Waals surface area contributed by atoms with Crippen molar-refractivity contribution in [1.82, 2.24) is 15.2 Å². The number of carboxylic acids is 1. The van der Waals surface area contributed by atoms with Gasteiger partial charge in [-0.3, -0.25) is 9.78 Å². The van der Waals surface area contributed by atoms with Crippen LogP contribution in [0.1, 0.15) is 40.3 Å². The summed E-state index contributed by atoms with van der Waals surface area (Å²) in [6, 6.07) is 20.0. The number of pyridine rings is 1. The van der Waals surface area contributed by atoms with Crippen molar-refractivity contribution in [3.05, 3.63) is 101 Å². The number of benzene rings is 2. The highest BCUT2D eigenvalue weighted by Crippen LogP contribution is 2.41. The summed E-state index contributed by atoms with van der Waals surface area (Å²) in [6.45, 7) is 0.298. The van der Waals surface area contributed by atoms with Crippen LogP contribution in [0.25, 0.3) is 11.3 Å². The average Bonchev–Trinajstić information content (AvgIpc) is 3.57. The second-order valence-electron chi connectivity index (χ2n) is 9.02. The summed E-state index contributed by atoms with van der Waals surface area (Å²) in [5, 5.41) is 16.5. The SMILES string of the molecule is COc1ccccc1NC(=O)CCN1C(=S)N[C@@H](c2ccccn2)[C@@H]1c1ccc(-c2cc(C(=O)O)ccc2Cl)o1. The van der Waals surface area contributed by atoms with Gasteiger partial charge in [-0.05, 0) is 66.8 Å². The predicted molar refractivity (Wildman–Crippen MR) is 155 cm³/mol. The Kier molecular flexibility index (Phi) is 7.99. The summed E-state index contributed by atoms with van der Waals surface area (Å²) in [5.41, 5.74) is 1.88. The molecule has 3 N–H and O–H groups in total. The Balaban J connectivity index is 1.43. The number of nitrogens with one attached hydrogen (secondary N) is 2. The molecule has 1 amide bonds. The van der Waals surface area contributed by atoms with Crippen LogP contribution >= 0.6 is 23.8 Å². The lowest BCUT2D eigenvalue weighted by Gasteiger charge is -2.26. The maximum atomic E-state index is 12.9. The lowest BCUT2D eigenvalue weighted by atomic mass is 10.0. The van der Waals surface area contributed by atoms with Crippen LogP contribution in [-0.2, 0) is 4.79 Å². The van der Waals surface area contributed by atoms with Gasteiger partial charge in [0.05, 0.1) is 35.1 Å². The van der Waals surface area contributed by atoms with Gasteiger partial charge in [0.15, 0.2) is 5.11 Å². The van der Waals surface area contributed by atoms with Gasteiger partial charge in [0.1, 0.15) is 23.3 Å². The number of hydrogen-bond donors (Lipinski definition) is 3. The molecule has 1 saturated heterocycles. The molecule has 5 rings (SSSR count). The summed E-state index contributed by atoms with van der Waals surface area (Å²) < 4.78 is 11.6. The largest absolute Gasteiger partial charge is 0.495 e. The Bertz CT molecular complexity index is 1560. The van der Waals surface area contributed by atoms with Crippen LogP contribution in [0.15, 0.2) is 83.4 Å².